The van der Waals surface area contributed by atoms with Crippen molar-refractivity contribution in [3.05, 3.63) is 11.7 Å². The number of carbonyl (C=O) groups is 1. The van der Waals surface area contributed by atoms with E-state index in [1.807, 2.05) is 11.8 Å². The van der Waals surface area contributed by atoms with Crippen LogP contribution in [0.25, 0.3) is 0 Å². The highest BCUT2D eigenvalue weighted by molar-refractivity contribution is 5.77. The van der Waals surface area contributed by atoms with Crippen molar-refractivity contribution in [1.82, 2.24) is 24.8 Å². The second-order valence-corrected chi connectivity index (χ2v) is 7.08. The first kappa shape index (κ1) is 17.4. The lowest BCUT2D eigenvalue weighted by Crippen LogP contribution is -2.46. The van der Waals surface area contributed by atoms with Crippen LogP contribution in [0.3, 0.4) is 0 Å². The summed E-state index contributed by atoms with van der Waals surface area (Å²) >= 11 is 0. The first-order valence-electron chi connectivity index (χ1n) is 9.11. The smallest absolute Gasteiger partial charge is 0.223 e. The van der Waals surface area contributed by atoms with Gasteiger partial charge in [-0.2, -0.15) is 4.98 Å². The van der Waals surface area contributed by atoms with Crippen molar-refractivity contribution in [2.75, 3.05) is 39.8 Å². The molecule has 1 amide bonds. The molecule has 0 unspecified atom stereocenters. The molecule has 1 aromatic heterocycles. The molecule has 0 N–H and O–H groups in total. The van der Waals surface area contributed by atoms with Gasteiger partial charge in [-0.05, 0) is 45.8 Å². The van der Waals surface area contributed by atoms with Crippen LogP contribution in [0.1, 0.15) is 43.8 Å². The van der Waals surface area contributed by atoms with Gasteiger partial charge in [-0.25, -0.2) is 0 Å². The number of carbonyl (C=O) groups excluding carboxylic acids is 1. The molecule has 7 heteroatoms. The number of rotatable bonds is 7. The first-order chi connectivity index (χ1) is 11.6. The average Bonchev–Trinajstić information content (AvgIpc) is 3.16. The van der Waals surface area contributed by atoms with Gasteiger partial charge in [0, 0.05) is 39.0 Å². The topological polar surface area (TPSA) is 65.7 Å². The zero-order chi connectivity index (χ0) is 16.9. The summed E-state index contributed by atoms with van der Waals surface area (Å²) in [6.45, 7) is 7.64. The molecule has 2 aliphatic heterocycles. The quantitative estimate of drug-likeness (QED) is 0.748. The lowest BCUT2D eigenvalue weighted by molar-refractivity contribution is -0.127. The summed E-state index contributed by atoms with van der Waals surface area (Å²) in [4.78, 5) is 22.8. The van der Waals surface area contributed by atoms with Gasteiger partial charge in [-0.15, -0.1) is 0 Å². The number of hydrogen-bond donors (Lipinski definition) is 0. The van der Waals surface area contributed by atoms with Gasteiger partial charge in [0.15, 0.2) is 5.82 Å². The van der Waals surface area contributed by atoms with Crippen LogP contribution in [0.15, 0.2) is 4.52 Å². The fourth-order valence-electron chi connectivity index (χ4n) is 3.77. The molecule has 2 fully saturated rings. The molecule has 2 aliphatic rings. The van der Waals surface area contributed by atoms with Crippen LogP contribution in [0, 0.1) is 6.92 Å². The van der Waals surface area contributed by atoms with Crippen molar-refractivity contribution < 1.29 is 9.32 Å². The number of likely N-dealkylation sites (N-methyl/N-ethyl adjacent to an activating group) is 1. The van der Waals surface area contributed by atoms with Gasteiger partial charge < -0.3 is 14.3 Å². The van der Waals surface area contributed by atoms with E-state index in [9.17, 15) is 4.79 Å². The van der Waals surface area contributed by atoms with Gasteiger partial charge in [0.1, 0.15) is 0 Å². The fourth-order valence-corrected chi connectivity index (χ4v) is 3.77. The van der Waals surface area contributed by atoms with E-state index in [4.69, 9.17) is 4.52 Å². The Hall–Kier alpha value is -1.47. The summed E-state index contributed by atoms with van der Waals surface area (Å²) in [5.41, 5.74) is 0. The fraction of sp³-hybridized carbons (Fsp3) is 0.824. The zero-order valence-electron chi connectivity index (χ0n) is 14.9. The second kappa shape index (κ2) is 8.07. The van der Waals surface area contributed by atoms with Crippen LogP contribution < -0.4 is 0 Å². The van der Waals surface area contributed by atoms with Gasteiger partial charge >= 0.3 is 0 Å². The first-order valence-corrected chi connectivity index (χ1v) is 9.11. The van der Waals surface area contributed by atoms with Crippen LogP contribution in [0.5, 0.6) is 0 Å². The van der Waals surface area contributed by atoms with Crippen molar-refractivity contribution in [3.8, 4) is 0 Å². The largest absolute Gasteiger partial charge is 0.343 e. The molecule has 0 saturated carbocycles. The normalized spacial score (nSPS) is 22.7. The maximum atomic E-state index is 11.7. The average molecular weight is 335 g/mol. The van der Waals surface area contributed by atoms with Crippen molar-refractivity contribution in [3.63, 3.8) is 0 Å². The number of amides is 1. The summed E-state index contributed by atoms with van der Waals surface area (Å²) < 4.78 is 5.06. The molecule has 0 aliphatic carbocycles. The molecule has 0 radical (unpaired) electrons. The Bertz CT molecular complexity index is 547. The lowest BCUT2D eigenvalue weighted by atomic mass is 10.0. The minimum absolute atomic E-state index is 0.330. The Labute approximate surface area is 144 Å². The van der Waals surface area contributed by atoms with E-state index in [0.29, 0.717) is 17.8 Å². The van der Waals surface area contributed by atoms with Gasteiger partial charge in [-0.3, -0.25) is 9.69 Å². The standard InChI is InChI=1S/C17H29N5O2/c1-14-18-16(19-24-14)13-21-9-3-6-15(12-21)20(2)8-5-11-22-10-4-7-17(22)23/h15H,3-13H2,1-2H3/t15-/m1/s1. The summed E-state index contributed by atoms with van der Waals surface area (Å²) in [5.74, 6) is 1.74. The van der Waals surface area contributed by atoms with Crippen LogP contribution in [0.2, 0.25) is 0 Å². The Balaban J connectivity index is 1.41. The van der Waals surface area contributed by atoms with Crippen molar-refractivity contribution in [1.29, 1.82) is 0 Å². The molecule has 24 heavy (non-hydrogen) atoms. The van der Waals surface area contributed by atoms with E-state index < -0.39 is 0 Å². The van der Waals surface area contributed by atoms with Crippen LogP contribution >= 0.6 is 0 Å². The van der Waals surface area contributed by atoms with Gasteiger partial charge in [0.25, 0.3) is 0 Å². The SMILES string of the molecule is Cc1nc(CN2CCC[C@@H](N(C)CCCN3CCCC3=O)C2)no1. The Kier molecular flexibility index (Phi) is 5.84. The summed E-state index contributed by atoms with van der Waals surface area (Å²) in [6, 6.07) is 0.570. The molecule has 0 aromatic carbocycles. The van der Waals surface area contributed by atoms with Crippen LogP contribution in [0.4, 0.5) is 0 Å². The molecule has 7 nitrogen and oxygen atoms in total. The number of aromatic nitrogens is 2. The Morgan fingerprint density at radius 1 is 1.33 bits per heavy atom. The summed E-state index contributed by atoms with van der Waals surface area (Å²) in [6.07, 6.45) is 5.27. The van der Waals surface area contributed by atoms with Gasteiger partial charge in [-0.1, -0.05) is 5.16 Å². The second-order valence-electron chi connectivity index (χ2n) is 7.08. The minimum atomic E-state index is 0.330. The molecule has 2 saturated heterocycles. The van der Waals surface area contributed by atoms with Crippen LogP contribution in [-0.4, -0.2) is 76.6 Å². The number of nitrogens with zero attached hydrogens (tertiary/aromatic N) is 5. The predicted octanol–water partition coefficient (Wildman–Crippen LogP) is 1.29. The Morgan fingerprint density at radius 2 is 2.21 bits per heavy atom. The highest BCUT2D eigenvalue weighted by Crippen LogP contribution is 2.17. The number of aryl methyl sites for hydroxylation is 1. The number of likely N-dealkylation sites (tertiary alicyclic amines) is 2. The molecule has 1 atom stereocenters. The van der Waals surface area contributed by atoms with E-state index in [0.717, 1.165) is 64.4 Å². The predicted molar refractivity (Wildman–Crippen MR) is 90.4 cm³/mol. The third kappa shape index (κ3) is 4.54. The van der Waals surface area contributed by atoms with Crippen molar-refractivity contribution in [2.45, 2.75) is 51.6 Å². The van der Waals surface area contributed by atoms with E-state index in [2.05, 4.69) is 27.0 Å². The monoisotopic (exact) mass is 335 g/mol. The summed E-state index contributed by atoms with van der Waals surface area (Å²) in [7, 11) is 2.21. The highest BCUT2D eigenvalue weighted by Gasteiger charge is 2.25. The molecular weight excluding hydrogens is 306 g/mol. The zero-order valence-corrected chi connectivity index (χ0v) is 14.9. The van der Waals surface area contributed by atoms with E-state index in [-0.39, 0.29) is 0 Å². The minimum Gasteiger partial charge on any atom is -0.343 e. The molecule has 0 bridgehead atoms. The number of hydrogen-bond acceptors (Lipinski definition) is 6. The molecule has 3 rings (SSSR count). The summed E-state index contributed by atoms with van der Waals surface area (Å²) in [5, 5.41) is 4.00. The third-order valence-electron chi connectivity index (χ3n) is 5.15. The molecule has 3 heterocycles. The molecule has 0 spiro atoms. The molecule has 134 valence electrons. The highest BCUT2D eigenvalue weighted by atomic mass is 16.5. The van der Waals surface area contributed by atoms with Crippen molar-refractivity contribution in [2.24, 2.45) is 0 Å². The van der Waals surface area contributed by atoms with Gasteiger partial charge in [0.2, 0.25) is 11.8 Å². The number of piperidine rings is 1. The molecular formula is C17H29N5O2. The third-order valence-corrected chi connectivity index (χ3v) is 5.15. The molecule has 1 aromatic rings. The van der Waals surface area contributed by atoms with E-state index in [1.165, 1.54) is 12.8 Å². The van der Waals surface area contributed by atoms with Crippen LogP contribution in [-0.2, 0) is 11.3 Å². The lowest BCUT2D eigenvalue weighted by Gasteiger charge is -2.37. The van der Waals surface area contributed by atoms with Crippen molar-refractivity contribution >= 4 is 5.91 Å². The van der Waals surface area contributed by atoms with Gasteiger partial charge in [0.05, 0.1) is 6.54 Å². The van der Waals surface area contributed by atoms with E-state index in [1.54, 1.807) is 0 Å². The van der Waals surface area contributed by atoms with E-state index >= 15 is 0 Å². The maximum Gasteiger partial charge on any atom is 0.223 e. The maximum absolute atomic E-state index is 11.7. The Morgan fingerprint density at radius 3 is 2.92 bits per heavy atom.